The van der Waals surface area contributed by atoms with Gasteiger partial charge >= 0.3 is 0 Å². The highest BCUT2D eigenvalue weighted by atomic mass is 16.3. The highest BCUT2D eigenvalue weighted by Crippen LogP contribution is 2.36. The van der Waals surface area contributed by atoms with E-state index >= 15 is 0 Å². The number of hydrogen-bond donors (Lipinski definition) is 4. The van der Waals surface area contributed by atoms with Gasteiger partial charge in [-0.25, -0.2) is 0 Å². The summed E-state index contributed by atoms with van der Waals surface area (Å²) in [6.07, 6.45) is -0.928. The van der Waals surface area contributed by atoms with E-state index in [9.17, 15) is 5.11 Å². The van der Waals surface area contributed by atoms with Gasteiger partial charge in [0.25, 0.3) is 0 Å². The Bertz CT molecular complexity index is 293. The Morgan fingerprint density at radius 3 is 2.25 bits per heavy atom. The van der Waals surface area contributed by atoms with E-state index in [1.165, 1.54) is 13.0 Å². The highest BCUT2D eigenvalue weighted by molar-refractivity contribution is 5.50. The fraction of sp³-hybridized carbons (Fsp3) is 0.250. The van der Waals surface area contributed by atoms with Gasteiger partial charge in [0, 0.05) is 11.6 Å². The number of benzene rings is 1. The van der Waals surface area contributed by atoms with E-state index in [0.717, 1.165) is 6.07 Å². The first-order chi connectivity index (χ1) is 5.52. The van der Waals surface area contributed by atoms with Crippen molar-refractivity contribution in [2.24, 2.45) is 0 Å². The third-order valence-corrected chi connectivity index (χ3v) is 1.55. The van der Waals surface area contributed by atoms with Crippen LogP contribution in [0.1, 0.15) is 18.6 Å². The van der Waals surface area contributed by atoms with Crippen LogP contribution >= 0.6 is 0 Å². The van der Waals surface area contributed by atoms with Gasteiger partial charge in [0.05, 0.1) is 6.10 Å². The maximum absolute atomic E-state index is 9.17. The second-order valence-electron chi connectivity index (χ2n) is 2.58. The Hall–Kier alpha value is -1.42. The monoisotopic (exact) mass is 170 g/mol. The lowest BCUT2D eigenvalue weighted by Crippen LogP contribution is -1.91. The second kappa shape index (κ2) is 2.91. The number of phenolic OH excluding ortho intramolecular Hbond substituents is 3. The van der Waals surface area contributed by atoms with Gasteiger partial charge in [-0.15, -0.1) is 0 Å². The van der Waals surface area contributed by atoms with Gasteiger partial charge in [-0.2, -0.15) is 0 Å². The van der Waals surface area contributed by atoms with Crippen molar-refractivity contribution in [3.63, 3.8) is 0 Å². The fourth-order valence-corrected chi connectivity index (χ4v) is 0.944. The first-order valence-electron chi connectivity index (χ1n) is 3.45. The van der Waals surface area contributed by atoms with Crippen LogP contribution in [0.5, 0.6) is 17.2 Å². The third kappa shape index (κ3) is 1.43. The Kier molecular flexibility index (Phi) is 2.10. The van der Waals surface area contributed by atoms with Crippen molar-refractivity contribution in [2.45, 2.75) is 13.0 Å². The number of aliphatic hydroxyl groups excluding tert-OH is 1. The molecule has 0 bridgehead atoms. The van der Waals surface area contributed by atoms with Crippen molar-refractivity contribution in [3.8, 4) is 17.2 Å². The van der Waals surface area contributed by atoms with Gasteiger partial charge in [0.15, 0.2) is 11.5 Å². The summed E-state index contributed by atoms with van der Waals surface area (Å²) in [6.45, 7) is 1.42. The molecule has 0 spiro atoms. The number of aliphatic hydroxyl groups is 1. The molecule has 4 nitrogen and oxygen atoms in total. The number of rotatable bonds is 1. The second-order valence-corrected chi connectivity index (χ2v) is 2.58. The largest absolute Gasteiger partial charge is 0.508 e. The molecule has 0 amide bonds. The summed E-state index contributed by atoms with van der Waals surface area (Å²) in [7, 11) is 0. The summed E-state index contributed by atoms with van der Waals surface area (Å²) in [6, 6.07) is 2.20. The molecule has 0 saturated carbocycles. The van der Waals surface area contributed by atoms with Crippen molar-refractivity contribution in [2.75, 3.05) is 0 Å². The van der Waals surface area contributed by atoms with E-state index in [1.807, 2.05) is 0 Å². The molecule has 0 aliphatic carbocycles. The molecule has 1 atom stereocenters. The van der Waals surface area contributed by atoms with Crippen LogP contribution < -0.4 is 0 Å². The summed E-state index contributed by atoms with van der Waals surface area (Å²) in [5.41, 5.74) is 0.104. The lowest BCUT2D eigenvalue weighted by molar-refractivity contribution is 0.193. The zero-order valence-corrected chi connectivity index (χ0v) is 6.52. The molecule has 0 saturated heterocycles. The van der Waals surface area contributed by atoms with E-state index < -0.39 is 17.6 Å². The SMILES string of the molecule is CC(O)c1cc(O)cc(O)c1O. The van der Waals surface area contributed by atoms with Gasteiger partial charge in [-0.3, -0.25) is 0 Å². The standard InChI is InChI=1S/C8H10O4/c1-4(9)6-2-5(10)3-7(11)8(6)12/h2-4,9-12H,1H3. The molecule has 4 N–H and O–H groups in total. The van der Waals surface area contributed by atoms with Crippen LogP contribution in [0.2, 0.25) is 0 Å². The molecular formula is C8H10O4. The minimum absolute atomic E-state index is 0.104. The quantitative estimate of drug-likeness (QED) is 0.372. The van der Waals surface area contributed by atoms with Crippen molar-refractivity contribution in [1.29, 1.82) is 0 Å². The van der Waals surface area contributed by atoms with E-state index in [-0.39, 0.29) is 11.3 Å². The molecule has 1 rings (SSSR count). The van der Waals surface area contributed by atoms with E-state index in [4.69, 9.17) is 15.3 Å². The minimum atomic E-state index is -0.928. The molecule has 66 valence electrons. The predicted molar refractivity (Wildman–Crippen MR) is 42.1 cm³/mol. The minimum Gasteiger partial charge on any atom is -0.508 e. The lowest BCUT2D eigenvalue weighted by atomic mass is 10.1. The predicted octanol–water partition coefficient (Wildman–Crippen LogP) is 0.857. The Labute approximate surface area is 69.3 Å². The van der Waals surface area contributed by atoms with Gasteiger partial charge in [-0.05, 0) is 13.0 Å². The third-order valence-electron chi connectivity index (χ3n) is 1.55. The maximum atomic E-state index is 9.17. The topological polar surface area (TPSA) is 80.9 Å². The summed E-state index contributed by atoms with van der Waals surface area (Å²) >= 11 is 0. The molecule has 0 aliphatic heterocycles. The molecule has 1 aromatic rings. The Morgan fingerprint density at radius 2 is 1.75 bits per heavy atom. The summed E-state index contributed by atoms with van der Waals surface area (Å²) < 4.78 is 0. The molecule has 12 heavy (non-hydrogen) atoms. The highest BCUT2D eigenvalue weighted by Gasteiger charge is 2.12. The van der Waals surface area contributed by atoms with Crippen LogP contribution in [0.3, 0.4) is 0 Å². The van der Waals surface area contributed by atoms with Crippen LogP contribution in [-0.2, 0) is 0 Å². The fourth-order valence-electron chi connectivity index (χ4n) is 0.944. The molecule has 0 fully saturated rings. The Balaban J connectivity index is 3.28. The number of hydrogen-bond acceptors (Lipinski definition) is 4. The molecule has 0 radical (unpaired) electrons. The van der Waals surface area contributed by atoms with E-state index in [1.54, 1.807) is 0 Å². The van der Waals surface area contributed by atoms with E-state index in [2.05, 4.69) is 0 Å². The normalized spacial score (nSPS) is 12.8. The maximum Gasteiger partial charge on any atom is 0.163 e. The molecule has 4 heteroatoms. The Morgan fingerprint density at radius 1 is 1.17 bits per heavy atom. The van der Waals surface area contributed by atoms with Crippen LogP contribution in [0.4, 0.5) is 0 Å². The number of phenols is 3. The molecule has 0 heterocycles. The zero-order valence-electron chi connectivity index (χ0n) is 6.52. The number of aromatic hydroxyl groups is 3. The van der Waals surface area contributed by atoms with Crippen molar-refractivity contribution >= 4 is 0 Å². The first-order valence-corrected chi connectivity index (χ1v) is 3.45. The average molecular weight is 170 g/mol. The molecule has 0 aromatic heterocycles. The van der Waals surface area contributed by atoms with Crippen LogP contribution in [0.25, 0.3) is 0 Å². The van der Waals surface area contributed by atoms with Gasteiger partial charge in [0.2, 0.25) is 0 Å². The zero-order chi connectivity index (χ0) is 9.30. The van der Waals surface area contributed by atoms with Crippen LogP contribution in [0.15, 0.2) is 12.1 Å². The van der Waals surface area contributed by atoms with Gasteiger partial charge in [0.1, 0.15) is 5.75 Å². The van der Waals surface area contributed by atoms with Crippen molar-refractivity contribution in [3.05, 3.63) is 17.7 Å². The van der Waals surface area contributed by atoms with E-state index in [0.29, 0.717) is 0 Å². The lowest BCUT2D eigenvalue weighted by Gasteiger charge is -2.08. The smallest absolute Gasteiger partial charge is 0.163 e. The average Bonchev–Trinajstić information content (AvgIpc) is 1.96. The summed E-state index contributed by atoms with van der Waals surface area (Å²) in [5.74, 6) is -1.03. The summed E-state index contributed by atoms with van der Waals surface area (Å²) in [5, 5.41) is 36.2. The molecule has 1 unspecified atom stereocenters. The van der Waals surface area contributed by atoms with Crippen molar-refractivity contribution < 1.29 is 20.4 Å². The molecule has 0 aliphatic rings. The van der Waals surface area contributed by atoms with Gasteiger partial charge < -0.3 is 20.4 Å². The molecule has 1 aromatic carbocycles. The summed E-state index contributed by atoms with van der Waals surface area (Å²) in [4.78, 5) is 0. The first kappa shape index (κ1) is 8.67. The molecular weight excluding hydrogens is 160 g/mol. The van der Waals surface area contributed by atoms with Gasteiger partial charge in [-0.1, -0.05) is 0 Å². The van der Waals surface area contributed by atoms with Crippen molar-refractivity contribution in [1.82, 2.24) is 0 Å². The van der Waals surface area contributed by atoms with Crippen LogP contribution in [-0.4, -0.2) is 20.4 Å². The van der Waals surface area contributed by atoms with Crippen LogP contribution in [0, 0.1) is 0 Å².